The first-order valence-corrected chi connectivity index (χ1v) is 8.87. The van der Waals surface area contributed by atoms with Gasteiger partial charge in [0.05, 0.1) is 5.54 Å². The number of carbonyl (C=O) groups excluding carboxylic acids is 1. The molecule has 144 valence electrons. The summed E-state index contributed by atoms with van der Waals surface area (Å²) in [5.74, 6) is 1.32. The molecule has 26 heavy (non-hydrogen) atoms. The Balaban J connectivity index is 0.00000243. The number of hydrogen-bond donors (Lipinski definition) is 2. The van der Waals surface area contributed by atoms with Crippen LogP contribution in [0.2, 0.25) is 0 Å². The van der Waals surface area contributed by atoms with Crippen LogP contribution in [-0.2, 0) is 4.79 Å². The van der Waals surface area contributed by atoms with Crippen LogP contribution in [0, 0.1) is 11.8 Å². The van der Waals surface area contributed by atoms with Crippen LogP contribution in [0.25, 0.3) is 5.65 Å². The number of nitrogens with one attached hydrogen (secondary N) is 1. The van der Waals surface area contributed by atoms with E-state index in [2.05, 4.69) is 39.4 Å². The Bertz CT molecular complexity index is 742. The number of rotatable bonds is 5. The van der Waals surface area contributed by atoms with Crippen LogP contribution < -0.4 is 16.0 Å². The molecule has 1 aliphatic rings. The molecule has 8 nitrogen and oxygen atoms in total. The predicted molar refractivity (Wildman–Crippen MR) is 103 cm³/mol. The fraction of sp³-hybridized carbons (Fsp3) is 0.647. The van der Waals surface area contributed by atoms with E-state index in [0.29, 0.717) is 12.5 Å². The zero-order chi connectivity index (χ0) is 18.0. The van der Waals surface area contributed by atoms with Gasteiger partial charge in [-0.25, -0.2) is 0 Å². The van der Waals surface area contributed by atoms with E-state index < -0.39 is 0 Å². The highest BCUT2D eigenvalue weighted by Gasteiger charge is 2.33. The molecule has 0 radical (unpaired) electrons. The molecule has 0 aromatic carbocycles. The van der Waals surface area contributed by atoms with Crippen molar-refractivity contribution in [1.82, 2.24) is 25.1 Å². The molecule has 0 spiro atoms. The summed E-state index contributed by atoms with van der Waals surface area (Å²) in [6.07, 6.45) is 3.22. The molecule has 3 rings (SSSR count). The molecule has 1 saturated heterocycles. The molecule has 3 N–H and O–H groups in total. The monoisotopic (exact) mass is 381 g/mol. The van der Waals surface area contributed by atoms with Crippen LogP contribution in [0.1, 0.15) is 33.6 Å². The highest BCUT2D eigenvalue weighted by atomic mass is 35.5. The summed E-state index contributed by atoms with van der Waals surface area (Å²) in [6.45, 7) is 8.24. The normalized spacial score (nSPS) is 17.8. The summed E-state index contributed by atoms with van der Waals surface area (Å²) in [5.41, 5.74) is 6.25. The first kappa shape index (κ1) is 20.4. The Hall–Kier alpha value is -1.93. The summed E-state index contributed by atoms with van der Waals surface area (Å²) >= 11 is 0. The van der Waals surface area contributed by atoms with Gasteiger partial charge in [0.2, 0.25) is 5.91 Å². The third-order valence-electron chi connectivity index (χ3n) is 5.44. The first-order valence-electron chi connectivity index (χ1n) is 8.87. The number of amides is 1. The number of aromatic nitrogens is 4. The molecular weight excluding hydrogens is 354 g/mol. The predicted octanol–water partition coefficient (Wildman–Crippen LogP) is 1.25. The summed E-state index contributed by atoms with van der Waals surface area (Å²) in [6, 6.07) is 3.86. The fourth-order valence-electron chi connectivity index (χ4n) is 3.07. The van der Waals surface area contributed by atoms with Gasteiger partial charge in [-0.15, -0.1) is 27.7 Å². The minimum absolute atomic E-state index is 0. The van der Waals surface area contributed by atoms with Crippen molar-refractivity contribution in [2.24, 2.45) is 17.6 Å². The minimum Gasteiger partial charge on any atom is -0.355 e. The van der Waals surface area contributed by atoms with E-state index in [4.69, 9.17) is 5.73 Å². The number of halogens is 1. The number of fused-ring (bicyclic) bond motifs is 1. The number of anilines is 1. The van der Waals surface area contributed by atoms with Crippen molar-refractivity contribution in [2.45, 2.75) is 39.2 Å². The van der Waals surface area contributed by atoms with Gasteiger partial charge in [-0.1, -0.05) is 13.8 Å². The highest BCUT2D eigenvalue weighted by Crippen LogP contribution is 2.24. The van der Waals surface area contributed by atoms with Crippen molar-refractivity contribution in [2.75, 3.05) is 24.5 Å². The summed E-state index contributed by atoms with van der Waals surface area (Å²) in [7, 11) is 0. The van der Waals surface area contributed by atoms with E-state index in [1.165, 1.54) is 0 Å². The Labute approximate surface area is 159 Å². The van der Waals surface area contributed by atoms with E-state index in [9.17, 15) is 4.79 Å². The van der Waals surface area contributed by atoms with Crippen molar-refractivity contribution < 1.29 is 4.79 Å². The lowest BCUT2D eigenvalue weighted by Gasteiger charge is -2.37. The molecule has 1 amide bonds. The molecule has 1 atom stereocenters. The van der Waals surface area contributed by atoms with Crippen molar-refractivity contribution in [3.05, 3.63) is 18.5 Å². The number of carbonyl (C=O) groups is 1. The standard InChI is InChI=1S/C17H27N7O.ClH/c1-12(2)17(3,10-18)20-16(25)13-6-8-23(9-7-13)15-5-4-14-21-19-11-24(14)22-15;/h4-5,11-13H,6-10,18H2,1-3H3,(H,20,25);1H. The van der Waals surface area contributed by atoms with E-state index in [1.807, 2.05) is 19.1 Å². The SMILES string of the molecule is CC(C)C(C)(CN)NC(=O)C1CCN(c2ccc3nncn3n2)CC1.Cl. The van der Waals surface area contributed by atoms with Gasteiger partial charge in [-0.2, -0.15) is 4.52 Å². The van der Waals surface area contributed by atoms with Gasteiger partial charge in [0.15, 0.2) is 5.65 Å². The van der Waals surface area contributed by atoms with Gasteiger partial charge < -0.3 is 16.0 Å². The van der Waals surface area contributed by atoms with E-state index in [1.54, 1.807) is 10.8 Å². The lowest BCUT2D eigenvalue weighted by Crippen LogP contribution is -2.57. The molecule has 1 fully saturated rings. The van der Waals surface area contributed by atoms with Crippen molar-refractivity contribution >= 4 is 29.8 Å². The summed E-state index contributed by atoms with van der Waals surface area (Å²) in [4.78, 5) is 14.8. The third kappa shape index (κ3) is 4.07. The maximum atomic E-state index is 12.6. The molecule has 0 bridgehead atoms. The summed E-state index contributed by atoms with van der Waals surface area (Å²) < 4.78 is 1.67. The number of hydrogen-bond acceptors (Lipinski definition) is 6. The largest absolute Gasteiger partial charge is 0.355 e. The van der Waals surface area contributed by atoms with E-state index >= 15 is 0 Å². The topological polar surface area (TPSA) is 101 Å². The van der Waals surface area contributed by atoms with Gasteiger partial charge in [0, 0.05) is 25.6 Å². The van der Waals surface area contributed by atoms with Gasteiger partial charge in [-0.05, 0) is 37.8 Å². The van der Waals surface area contributed by atoms with Crippen molar-refractivity contribution in [3.8, 4) is 0 Å². The minimum atomic E-state index is -0.352. The Morgan fingerprint density at radius 3 is 2.69 bits per heavy atom. The van der Waals surface area contributed by atoms with Crippen LogP contribution >= 0.6 is 12.4 Å². The van der Waals surface area contributed by atoms with Crippen LogP contribution in [-0.4, -0.2) is 50.9 Å². The molecule has 1 unspecified atom stereocenters. The van der Waals surface area contributed by atoms with Crippen molar-refractivity contribution in [3.63, 3.8) is 0 Å². The third-order valence-corrected chi connectivity index (χ3v) is 5.44. The highest BCUT2D eigenvalue weighted by molar-refractivity contribution is 5.85. The molecule has 3 heterocycles. The maximum Gasteiger partial charge on any atom is 0.223 e. The molecule has 0 aliphatic carbocycles. The molecular formula is C17H28ClN7O. The second kappa shape index (κ2) is 8.18. The zero-order valence-corrected chi connectivity index (χ0v) is 16.4. The lowest BCUT2D eigenvalue weighted by molar-refractivity contribution is -0.127. The van der Waals surface area contributed by atoms with Crippen LogP contribution in [0.5, 0.6) is 0 Å². The molecule has 0 saturated carbocycles. The van der Waals surface area contributed by atoms with Crippen LogP contribution in [0.4, 0.5) is 5.82 Å². The van der Waals surface area contributed by atoms with Gasteiger partial charge in [-0.3, -0.25) is 4.79 Å². The number of piperidine rings is 1. The molecule has 2 aromatic rings. The van der Waals surface area contributed by atoms with Gasteiger partial charge in [0.25, 0.3) is 0 Å². The quantitative estimate of drug-likeness (QED) is 0.808. The van der Waals surface area contributed by atoms with Crippen molar-refractivity contribution in [1.29, 1.82) is 0 Å². The number of nitrogens with two attached hydrogens (primary N) is 1. The lowest BCUT2D eigenvalue weighted by atomic mass is 9.86. The van der Waals surface area contributed by atoms with Crippen LogP contribution in [0.3, 0.4) is 0 Å². The Morgan fingerprint density at radius 2 is 2.08 bits per heavy atom. The fourth-order valence-corrected chi connectivity index (χ4v) is 3.07. The van der Waals surface area contributed by atoms with E-state index in [-0.39, 0.29) is 29.8 Å². The molecule has 2 aromatic heterocycles. The van der Waals surface area contributed by atoms with Crippen LogP contribution in [0.15, 0.2) is 18.5 Å². The number of nitrogens with zero attached hydrogens (tertiary/aromatic N) is 5. The zero-order valence-electron chi connectivity index (χ0n) is 15.6. The van der Waals surface area contributed by atoms with Gasteiger partial charge >= 0.3 is 0 Å². The molecule has 9 heteroatoms. The van der Waals surface area contributed by atoms with Gasteiger partial charge in [0.1, 0.15) is 12.1 Å². The van der Waals surface area contributed by atoms with E-state index in [0.717, 1.165) is 37.4 Å². The Kier molecular flexibility index (Phi) is 6.41. The average Bonchev–Trinajstić information content (AvgIpc) is 3.09. The Morgan fingerprint density at radius 1 is 1.38 bits per heavy atom. The smallest absolute Gasteiger partial charge is 0.223 e. The second-order valence-corrected chi connectivity index (χ2v) is 7.35. The average molecular weight is 382 g/mol. The summed E-state index contributed by atoms with van der Waals surface area (Å²) in [5, 5.41) is 15.5. The maximum absolute atomic E-state index is 12.6. The first-order chi connectivity index (χ1) is 11.9. The molecule has 1 aliphatic heterocycles. The second-order valence-electron chi connectivity index (χ2n) is 7.35.